The lowest BCUT2D eigenvalue weighted by atomic mass is 10.1. The van der Waals surface area contributed by atoms with Crippen molar-refractivity contribution in [1.82, 2.24) is 14.9 Å². The van der Waals surface area contributed by atoms with Gasteiger partial charge >= 0.3 is 6.09 Å². The number of nitrogens with zero attached hydrogens (tertiary/aromatic N) is 3. The molecule has 1 aliphatic heterocycles. The van der Waals surface area contributed by atoms with E-state index in [1.807, 2.05) is 20.8 Å². The van der Waals surface area contributed by atoms with Crippen molar-refractivity contribution in [3.63, 3.8) is 0 Å². The van der Waals surface area contributed by atoms with Gasteiger partial charge in [0.05, 0.1) is 0 Å². The summed E-state index contributed by atoms with van der Waals surface area (Å²) in [6.07, 6.45) is 2.32. The second-order valence-electron chi connectivity index (χ2n) is 6.17. The summed E-state index contributed by atoms with van der Waals surface area (Å²) in [6.45, 7) is 7.79. The van der Waals surface area contributed by atoms with E-state index in [4.69, 9.17) is 16.3 Å². The highest BCUT2D eigenvalue weighted by Crippen LogP contribution is 2.20. The van der Waals surface area contributed by atoms with Crippen molar-refractivity contribution in [2.75, 3.05) is 25.0 Å². The molecule has 1 saturated heterocycles. The molecule has 1 unspecified atom stereocenters. The predicted molar refractivity (Wildman–Crippen MR) is 81.4 cm³/mol. The Morgan fingerprint density at radius 2 is 2.33 bits per heavy atom. The van der Waals surface area contributed by atoms with Crippen molar-refractivity contribution in [1.29, 1.82) is 0 Å². The monoisotopic (exact) mass is 312 g/mol. The van der Waals surface area contributed by atoms with Crippen molar-refractivity contribution < 1.29 is 9.53 Å². The fourth-order valence-electron chi connectivity index (χ4n) is 2.17. The molecule has 1 fully saturated rings. The van der Waals surface area contributed by atoms with Crippen LogP contribution in [0.4, 0.5) is 10.6 Å². The van der Waals surface area contributed by atoms with Gasteiger partial charge in [-0.25, -0.2) is 14.8 Å². The molecule has 7 heteroatoms. The summed E-state index contributed by atoms with van der Waals surface area (Å²) in [5.41, 5.74) is -0.453. The number of carbonyl (C=O) groups is 1. The van der Waals surface area contributed by atoms with E-state index in [2.05, 4.69) is 15.3 Å². The van der Waals surface area contributed by atoms with Crippen LogP contribution in [0.3, 0.4) is 0 Å². The molecule has 21 heavy (non-hydrogen) atoms. The van der Waals surface area contributed by atoms with Crippen molar-refractivity contribution in [3.05, 3.63) is 17.5 Å². The molecule has 2 heterocycles. The van der Waals surface area contributed by atoms with E-state index in [0.717, 1.165) is 19.5 Å². The topological polar surface area (TPSA) is 67.3 Å². The van der Waals surface area contributed by atoms with Crippen LogP contribution in [0.5, 0.6) is 0 Å². The minimum absolute atomic E-state index is 0.224. The Morgan fingerprint density at radius 3 is 3.00 bits per heavy atom. The lowest BCUT2D eigenvalue weighted by molar-refractivity contribution is 0.0289. The first kappa shape index (κ1) is 15.8. The maximum absolute atomic E-state index is 12.0. The normalized spacial score (nSPS) is 18.7. The SMILES string of the molecule is CC(C)(C)OC(=O)N1CCC(CNc2ccnc(Cl)n2)C1. The van der Waals surface area contributed by atoms with Crippen LogP contribution in [-0.4, -0.2) is 46.2 Å². The van der Waals surface area contributed by atoms with E-state index < -0.39 is 5.60 Å². The van der Waals surface area contributed by atoms with E-state index in [1.165, 1.54) is 0 Å². The average Bonchev–Trinajstić information content (AvgIpc) is 2.83. The molecule has 2 rings (SSSR count). The Kier molecular flexibility index (Phi) is 4.88. The Labute approximate surface area is 129 Å². The molecular weight excluding hydrogens is 292 g/mol. The number of anilines is 1. The number of carbonyl (C=O) groups excluding carboxylic acids is 1. The van der Waals surface area contributed by atoms with Gasteiger partial charge in [-0.3, -0.25) is 0 Å². The number of aromatic nitrogens is 2. The number of likely N-dealkylation sites (tertiary alicyclic amines) is 1. The largest absolute Gasteiger partial charge is 0.444 e. The number of hydrogen-bond donors (Lipinski definition) is 1. The molecule has 0 saturated carbocycles. The number of rotatable bonds is 3. The van der Waals surface area contributed by atoms with Crippen LogP contribution in [0.25, 0.3) is 0 Å². The number of ether oxygens (including phenoxy) is 1. The highest BCUT2D eigenvalue weighted by atomic mass is 35.5. The molecule has 0 spiro atoms. The van der Waals surface area contributed by atoms with E-state index >= 15 is 0 Å². The molecule has 0 aliphatic carbocycles. The highest BCUT2D eigenvalue weighted by Gasteiger charge is 2.29. The first-order chi connectivity index (χ1) is 9.83. The smallest absolute Gasteiger partial charge is 0.410 e. The Balaban J connectivity index is 1.79. The van der Waals surface area contributed by atoms with Crippen LogP contribution >= 0.6 is 11.6 Å². The van der Waals surface area contributed by atoms with Gasteiger partial charge in [0, 0.05) is 25.8 Å². The van der Waals surface area contributed by atoms with E-state index in [0.29, 0.717) is 18.3 Å². The first-order valence-corrected chi connectivity index (χ1v) is 7.41. The zero-order valence-corrected chi connectivity index (χ0v) is 13.4. The van der Waals surface area contributed by atoms with Crippen LogP contribution in [0.1, 0.15) is 27.2 Å². The first-order valence-electron chi connectivity index (χ1n) is 7.04. The van der Waals surface area contributed by atoms with Gasteiger partial charge in [0.2, 0.25) is 5.28 Å². The lowest BCUT2D eigenvalue weighted by Gasteiger charge is -2.24. The van der Waals surface area contributed by atoms with Gasteiger partial charge in [-0.1, -0.05) is 0 Å². The molecule has 1 aromatic heterocycles. The van der Waals surface area contributed by atoms with Crippen LogP contribution in [0, 0.1) is 5.92 Å². The number of nitrogens with one attached hydrogen (secondary N) is 1. The zero-order valence-electron chi connectivity index (χ0n) is 12.6. The summed E-state index contributed by atoms with van der Waals surface area (Å²) >= 11 is 5.73. The second-order valence-corrected chi connectivity index (χ2v) is 6.51. The fraction of sp³-hybridized carbons (Fsp3) is 0.643. The summed E-state index contributed by atoms with van der Waals surface area (Å²) in [6, 6.07) is 1.77. The zero-order chi connectivity index (χ0) is 15.5. The summed E-state index contributed by atoms with van der Waals surface area (Å²) < 4.78 is 5.38. The third-order valence-electron chi connectivity index (χ3n) is 3.14. The van der Waals surface area contributed by atoms with Crippen LogP contribution < -0.4 is 5.32 Å². The van der Waals surface area contributed by atoms with Crippen molar-refractivity contribution in [2.24, 2.45) is 5.92 Å². The van der Waals surface area contributed by atoms with Gasteiger partial charge in [0.25, 0.3) is 0 Å². The van der Waals surface area contributed by atoms with Crippen molar-refractivity contribution in [3.8, 4) is 0 Å². The van der Waals surface area contributed by atoms with Gasteiger partial charge in [0.1, 0.15) is 11.4 Å². The predicted octanol–water partition coefficient (Wildman–Crippen LogP) is 2.80. The standard InChI is InChI=1S/C14H21ClN4O2/c1-14(2,3)21-13(20)19-7-5-10(9-19)8-17-11-4-6-16-12(15)18-11/h4,6,10H,5,7-9H2,1-3H3,(H,16,17,18). The van der Waals surface area contributed by atoms with Crippen molar-refractivity contribution >= 4 is 23.5 Å². The average molecular weight is 313 g/mol. The maximum atomic E-state index is 12.0. The molecule has 116 valence electrons. The summed E-state index contributed by atoms with van der Waals surface area (Å²) in [4.78, 5) is 21.6. The molecule has 1 aromatic rings. The second kappa shape index (κ2) is 6.47. The van der Waals surface area contributed by atoms with Crippen LogP contribution in [-0.2, 0) is 4.74 Å². The summed E-state index contributed by atoms with van der Waals surface area (Å²) in [7, 11) is 0. The Morgan fingerprint density at radius 1 is 1.57 bits per heavy atom. The third-order valence-corrected chi connectivity index (χ3v) is 3.32. The van der Waals surface area contributed by atoms with Crippen molar-refractivity contribution in [2.45, 2.75) is 32.8 Å². The molecule has 1 amide bonds. The lowest BCUT2D eigenvalue weighted by Crippen LogP contribution is -2.35. The van der Waals surface area contributed by atoms with Crippen LogP contribution in [0.15, 0.2) is 12.3 Å². The molecule has 0 aromatic carbocycles. The molecule has 6 nitrogen and oxygen atoms in total. The summed E-state index contributed by atoms with van der Waals surface area (Å²) in [5, 5.41) is 3.44. The van der Waals surface area contributed by atoms with Crippen LogP contribution in [0.2, 0.25) is 5.28 Å². The summed E-state index contributed by atoms with van der Waals surface area (Å²) in [5.74, 6) is 1.08. The van der Waals surface area contributed by atoms with Gasteiger partial charge in [-0.2, -0.15) is 0 Å². The molecule has 1 atom stereocenters. The molecule has 0 bridgehead atoms. The quantitative estimate of drug-likeness (QED) is 0.869. The van der Waals surface area contributed by atoms with Gasteiger partial charge in [0.15, 0.2) is 0 Å². The number of amides is 1. The molecule has 0 radical (unpaired) electrons. The minimum Gasteiger partial charge on any atom is -0.444 e. The Bertz CT molecular complexity index is 504. The van der Waals surface area contributed by atoms with Gasteiger partial charge in [-0.05, 0) is 50.8 Å². The van der Waals surface area contributed by atoms with E-state index in [-0.39, 0.29) is 11.4 Å². The third kappa shape index (κ3) is 5.04. The number of hydrogen-bond acceptors (Lipinski definition) is 5. The Hall–Kier alpha value is -1.56. The fourth-order valence-corrected chi connectivity index (χ4v) is 2.32. The minimum atomic E-state index is -0.453. The van der Waals surface area contributed by atoms with E-state index in [9.17, 15) is 4.79 Å². The molecule has 1 N–H and O–H groups in total. The van der Waals surface area contributed by atoms with E-state index in [1.54, 1.807) is 17.2 Å². The number of halogens is 1. The molecule has 1 aliphatic rings. The van der Waals surface area contributed by atoms with Gasteiger partial charge < -0.3 is 15.0 Å². The highest BCUT2D eigenvalue weighted by molar-refractivity contribution is 6.28. The maximum Gasteiger partial charge on any atom is 0.410 e. The van der Waals surface area contributed by atoms with Gasteiger partial charge in [-0.15, -0.1) is 0 Å². The molecular formula is C14H21ClN4O2.